The molecule has 0 spiro atoms. The van der Waals surface area contributed by atoms with Gasteiger partial charge in [0.25, 0.3) is 5.88 Å². The molecular formula is C14H17N5O5S2. The maximum Gasteiger partial charge on any atom is 0.352 e. The number of rotatable bonds is 5. The van der Waals surface area contributed by atoms with Gasteiger partial charge < -0.3 is 15.9 Å². The van der Waals surface area contributed by atoms with E-state index in [0.29, 0.717) is 11.3 Å². The Morgan fingerprint density at radius 3 is 2.73 bits per heavy atom. The van der Waals surface area contributed by atoms with E-state index in [1.807, 2.05) is 0 Å². The van der Waals surface area contributed by atoms with Crippen LogP contribution in [0.5, 0.6) is 5.88 Å². The fourth-order valence-corrected chi connectivity index (χ4v) is 5.27. The summed E-state index contributed by atoms with van der Waals surface area (Å²) in [6.45, 7) is 3.52. The van der Waals surface area contributed by atoms with Gasteiger partial charge >= 0.3 is 11.5 Å². The summed E-state index contributed by atoms with van der Waals surface area (Å²) in [5.74, 6) is -1.67. The minimum Gasteiger partial charge on any atom is -0.488 e. The number of thioether (sulfide) groups is 2. The molecule has 2 atom stereocenters. The molecule has 0 aromatic carbocycles. The van der Waals surface area contributed by atoms with Crippen LogP contribution in [0.3, 0.4) is 0 Å². The Balaban J connectivity index is 1.90. The number of carbonyl (C=O) groups excluding carboxylic acids is 1. The predicted molar refractivity (Wildman–Crippen MR) is 94.8 cm³/mol. The summed E-state index contributed by atoms with van der Waals surface area (Å²) >= 11 is 2.54. The third kappa shape index (κ3) is 2.97. The monoisotopic (exact) mass is 399 g/mol. The van der Waals surface area contributed by atoms with Crippen LogP contribution in [0.2, 0.25) is 0 Å². The van der Waals surface area contributed by atoms with Crippen LogP contribution in [-0.2, 0) is 9.59 Å². The van der Waals surface area contributed by atoms with Gasteiger partial charge in [0.05, 0.1) is 0 Å². The molecule has 2 aliphatic heterocycles. The van der Waals surface area contributed by atoms with Crippen LogP contribution in [0.1, 0.15) is 19.9 Å². The third-order valence-electron chi connectivity index (χ3n) is 4.03. The van der Waals surface area contributed by atoms with Crippen molar-refractivity contribution in [2.75, 3.05) is 11.5 Å². The largest absolute Gasteiger partial charge is 0.488 e. The molecular weight excluding hydrogens is 382 g/mol. The smallest absolute Gasteiger partial charge is 0.352 e. The average Bonchev–Trinajstić information content (AvgIpc) is 2.60. The van der Waals surface area contributed by atoms with Crippen molar-refractivity contribution < 1.29 is 19.8 Å². The topological polar surface area (TPSA) is 152 Å². The van der Waals surface area contributed by atoms with E-state index in [-0.39, 0.29) is 28.0 Å². The van der Waals surface area contributed by atoms with Crippen molar-refractivity contribution in [2.24, 2.45) is 5.73 Å². The second-order valence-electron chi connectivity index (χ2n) is 6.06. The van der Waals surface area contributed by atoms with Gasteiger partial charge in [0.15, 0.2) is 5.16 Å². The number of hydrogen-bond acceptors (Lipinski definition) is 9. The molecule has 1 saturated heterocycles. The Morgan fingerprint density at radius 2 is 2.12 bits per heavy atom. The Labute approximate surface area is 156 Å². The minimum atomic E-state index is -1.19. The zero-order chi connectivity index (χ0) is 19.2. The maximum atomic E-state index is 12.1. The van der Waals surface area contributed by atoms with Gasteiger partial charge in [0.2, 0.25) is 5.91 Å². The van der Waals surface area contributed by atoms with Gasteiger partial charge in [-0.25, -0.2) is 4.79 Å². The first kappa shape index (κ1) is 18.7. The van der Waals surface area contributed by atoms with Crippen molar-refractivity contribution in [2.45, 2.75) is 36.5 Å². The van der Waals surface area contributed by atoms with Crippen molar-refractivity contribution in [3.63, 3.8) is 0 Å². The van der Waals surface area contributed by atoms with Gasteiger partial charge in [0.1, 0.15) is 17.1 Å². The van der Waals surface area contributed by atoms with E-state index in [0.717, 1.165) is 11.8 Å². The van der Waals surface area contributed by atoms with E-state index in [9.17, 15) is 24.6 Å². The van der Waals surface area contributed by atoms with Crippen LogP contribution in [0.15, 0.2) is 21.2 Å². The van der Waals surface area contributed by atoms with E-state index in [1.54, 1.807) is 13.8 Å². The van der Waals surface area contributed by atoms with Gasteiger partial charge in [-0.05, 0) is 19.4 Å². The molecule has 1 fully saturated rings. The predicted octanol–water partition coefficient (Wildman–Crippen LogP) is -0.402. The lowest BCUT2D eigenvalue weighted by Crippen LogP contribution is -2.68. The first-order chi connectivity index (χ1) is 12.2. The molecule has 1 aromatic heterocycles. The number of amides is 1. The third-order valence-corrected chi connectivity index (χ3v) is 6.42. The molecule has 10 nitrogen and oxygen atoms in total. The highest BCUT2D eigenvalue weighted by Crippen LogP contribution is 2.40. The number of nitrogens with zero attached hydrogens (tertiary/aromatic N) is 4. The fourth-order valence-electron chi connectivity index (χ4n) is 2.77. The van der Waals surface area contributed by atoms with Crippen LogP contribution in [0.4, 0.5) is 0 Å². The van der Waals surface area contributed by atoms with Gasteiger partial charge in [-0.1, -0.05) is 11.8 Å². The molecule has 1 amide bonds. The molecule has 0 saturated carbocycles. The summed E-state index contributed by atoms with van der Waals surface area (Å²) in [5, 5.41) is 26.2. The maximum absolute atomic E-state index is 12.1. The number of nitrogens with two attached hydrogens (primary N) is 1. The number of aromatic nitrogens is 3. The van der Waals surface area contributed by atoms with Crippen molar-refractivity contribution in [1.29, 1.82) is 0 Å². The first-order valence-electron chi connectivity index (χ1n) is 7.70. The molecule has 12 heteroatoms. The van der Waals surface area contributed by atoms with Gasteiger partial charge in [-0.2, -0.15) is 0 Å². The van der Waals surface area contributed by atoms with Crippen molar-refractivity contribution in [3.8, 4) is 5.88 Å². The summed E-state index contributed by atoms with van der Waals surface area (Å²) in [4.78, 5) is 36.9. The highest BCUT2D eigenvalue weighted by atomic mass is 32.2. The molecule has 0 aliphatic carbocycles. The number of fused-ring (bicyclic) bond motifs is 1. The molecule has 26 heavy (non-hydrogen) atoms. The zero-order valence-corrected chi connectivity index (χ0v) is 15.6. The Morgan fingerprint density at radius 1 is 1.42 bits per heavy atom. The summed E-state index contributed by atoms with van der Waals surface area (Å²) in [5.41, 5.74) is 5.55. The molecule has 3 rings (SSSR count). The summed E-state index contributed by atoms with van der Waals surface area (Å²) in [6.07, 6.45) is 0. The standard InChI is InChI=1S/C14H17N5O5S2/c1-5(2)18-11(22)9(20)16-17-14(18)26-4-6-3-25-12-7(15)10(21)19(12)8(6)13(23)24/h5,7,12H,3-4,15H2,1-2H3,(H,16,20)(H,23,24)/t7?,12-/m0/s1. The SMILES string of the molecule is CC(C)n1c(SCC2=C(C(=O)O)N3C(=O)C(N)[C@@H]3SC2)nnc(O)c1=O. The van der Waals surface area contributed by atoms with E-state index in [4.69, 9.17) is 5.73 Å². The molecule has 140 valence electrons. The molecule has 2 aliphatic rings. The zero-order valence-electron chi connectivity index (χ0n) is 13.9. The number of β-lactam (4-membered cyclic amide) rings is 1. The normalized spacial score (nSPS) is 22.5. The average molecular weight is 399 g/mol. The van der Waals surface area contributed by atoms with Crippen LogP contribution < -0.4 is 11.3 Å². The van der Waals surface area contributed by atoms with Crippen LogP contribution in [0, 0.1) is 0 Å². The summed E-state index contributed by atoms with van der Waals surface area (Å²) < 4.78 is 1.29. The van der Waals surface area contributed by atoms with Crippen LogP contribution in [0.25, 0.3) is 0 Å². The number of hydrogen-bond donors (Lipinski definition) is 3. The second kappa shape index (κ2) is 6.93. The quantitative estimate of drug-likeness (QED) is 0.440. The summed E-state index contributed by atoms with van der Waals surface area (Å²) in [6, 6.07) is -0.947. The summed E-state index contributed by atoms with van der Waals surface area (Å²) in [7, 11) is 0. The fraction of sp³-hybridized carbons (Fsp3) is 0.500. The lowest BCUT2D eigenvalue weighted by Gasteiger charge is -2.48. The van der Waals surface area contributed by atoms with Gasteiger partial charge in [-0.15, -0.1) is 22.0 Å². The number of carbonyl (C=O) groups is 2. The molecule has 0 bridgehead atoms. The molecule has 4 N–H and O–H groups in total. The van der Waals surface area contributed by atoms with Crippen LogP contribution in [-0.4, -0.2) is 64.7 Å². The van der Waals surface area contributed by atoms with Crippen molar-refractivity contribution in [3.05, 3.63) is 21.6 Å². The number of aromatic hydroxyl groups is 1. The Bertz CT molecular complexity index is 868. The van der Waals surface area contributed by atoms with Gasteiger partial charge in [0, 0.05) is 17.5 Å². The van der Waals surface area contributed by atoms with Gasteiger partial charge in [-0.3, -0.25) is 19.1 Å². The van der Waals surface area contributed by atoms with Crippen molar-refractivity contribution >= 4 is 35.4 Å². The molecule has 1 aromatic rings. The Hall–Kier alpha value is -2.05. The van der Waals surface area contributed by atoms with Crippen LogP contribution >= 0.6 is 23.5 Å². The Kier molecular flexibility index (Phi) is 4.99. The first-order valence-corrected chi connectivity index (χ1v) is 9.74. The number of carboxylic acid groups (broad SMARTS) is 1. The van der Waals surface area contributed by atoms with E-state index < -0.39 is 29.4 Å². The minimum absolute atomic E-state index is 0.0573. The number of aliphatic carboxylic acids is 1. The van der Waals surface area contributed by atoms with E-state index in [1.165, 1.54) is 21.2 Å². The highest BCUT2D eigenvalue weighted by Gasteiger charge is 2.51. The molecule has 3 heterocycles. The van der Waals surface area contributed by atoms with E-state index in [2.05, 4.69) is 10.2 Å². The van der Waals surface area contributed by atoms with Crippen molar-refractivity contribution in [1.82, 2.24) is 19.7 Å². The number of carboxylic acids is 1. The molecule has 0 radical (unpaired) electrons. The lowest BCUT2D eigenvalue weighted by atomic mass is 10.0. The van der Waals surface area contributed by atoms with E-state index >= 15 is 0 Å². The lowest BCUT2D eigenvalue weighted by molar-refractivity contribution is -0.147. The molecule has 1 unspecified atom stereocenters. The highest BCUT2D eigenvalue weighted by molar-refractivity contribution is 8.01. The second-order valence-corrected chi connectivity index (χ2v) is 8.10.